The summed E-state index contributed by atoms with van der Waals surface area (Å²) in [7, 11) is 0. The molecule has 68 heavy (non-hydrogen) atoms. The van der Waals surface area contributed by atoms with Gasteiger partial charge in [-0.2, -0.15) is 0 Å². The fraction of sp³-hybridized carbons (Fsp3) is 0.396. The summed E-state index contributed by atoms with van der Waals surface area (Å²) >= 11 is 6.79. The van der Waals surface area contributed by atoms with Gasteiger partial charge in [-0.05, 0) is 99.4 Å². The van der Waals surface area contributed by atoms with E-state index in [-0.39, 0.29) is 55.4 Å². The number of amides is 2. The van der Waals surface area contributed by atoms with Crippen molar-refractivity contribution in [3.05, 3.63) is 130 Å². The molecule has 1 saturated heterocycles. The lowest BCUT2D eigenvalue weighted by atomic mass is 9.72. The summed E-state index contributed by atoms with van der Waals surface area (Å²) in [5, 5.41) is 32.6. The van der Waals surface area contributed by atoms with Gasteiger partial charge in [0.15, 0.2) is 0 Å². The van der Waals surface area contributed by atoms with E-state index in [0.29, 0.717) is 14.9 Å². The molecular weight excluding hydrogens is 899 g/mol. The third-order valence-electron chi connectivity index (χ3n) is 14.1. The molecule has 0 radical (unpaired) electrons. The van der Waals surface area contributed by atoms with Crippen LogP contribution in [0.5, 0.6) is 0 Å². The Kier molecular flexibility index (Phi) is 14.6. The first-order valence-corrected chi connectivity index (χ1v) is 24.6. The number of carboxylic acids is 3. The Balaban J connectivity index is 1.14. The summed E-state index contributed by atoms with van der Waals surface area (Å²) in [6, 6.07) is 18.8. The Bertz CT molecular complexity index is 2680. The number of hydrogen-bond donors (Lipinski definition) is 5. The summed E-state index contributed by atoms with van der Waals surface area (Å²) in [5.41, 5.74) is 7.21. The van der Waals surface area contributed by atoms with Crippen LogP contribution in [-0.2, 0) is 35.4 Å². The SMILES string of the molecule is CCCC1(CCC)/C(=C\C=C\C2[NH+](CCC(=O)O)c3cc(NC(=O)CN4C(=O)/C(=C\C=C5/N(CC)c6ccccc6C5(C)C)SC4=S)ccc3C2(C)C)N(CCC(=O)O)c2ccc(C(=O)O)cc21. The maximum Gasteiger partial charge on any atom is 0.335 e. The number of para-hydroxylation sites is 1. The number of benzene rings is 3. The number of carbonyl (C=O) groups excluding carboxylic acids is 2. The summed E-state index contributed by atoms with van der Waals surface area (Å²) in [4.78, 5) is 70.5. The molecule has 3 aromatic rings. The lowest BCUT2D eigenvalue weighted by Crippen LogP contribution is -3.10. The van der Waals surface area contributed by atoms with Gasteiger partial charge in [0.25, 0.3) is 5.91 Å². The van der Waals surface area contributed by atoms with Crippen LogP contribution in [0.4, 0.5) is 22.7 Å². The number of carboxylic acid groups (broad SMARTS) is 3. The first-order chi connectivity index (χ1) is 32.3. The normalized spacial score (nSPS) is 21.6. The highest BCUT2D eigenvalue weighted by Gasteiger charge is 2.49. The Hall–Kier alpha value is -6.03. The fourth-order valence-electron chi connectivity index (χ4n) is 11.0. The largest absolute Gasteiger partial charge is 0.481 e. The number of hydrogen-bond acceptors (Lipinski definition) is 9. The predicted octanol–water partition coefficient (Wildman–Crippen LogP) is 8.69. The lowest BCUT2D eigenvalue weighted by Gasteiger charge is -2.34. The number of quaternary nitrogens is 1. The number of allylic oxidation sites excluding steroid dienone is 6. The van der Waals surface area contributed by atoms with E-state index >= 15 is 0 Å². The minimum atomic E-state index is -1.03. The highest BCUT2D eigenvalue weighted by atomic mass is 32.2. The number of aliphatic carboxylic acids is 2. The molecule has 4 aliphatic heterocycles. The number of rotatable bonds is 18. The van der Waals surface area contributed by atoms with Crippen molar-refractivity contribution < 1.29 is 44.2 Å². The maximum atomic E-state index is 13.7. The van der Waals surface area contributed by atoms with Crippen LogP contribution in [0, 0.1) is 0 Å². The van der Waals surface area contributed by atoms with Gasteiger partial charge in [-0.1, -0.05) is 94.9 Å². The molecule has 0 spiro atoms. The molecule has 2 amide bonds. The molecule has 4 aliphatic rings. The highest BCUT2D eigenvalue weighted by molar-refractivity contribution is 8.26. The third kappa shape index (κ3) is 9.27. The average molecular weight is 961 g/mol. The first kappa shape index (κ1) is 49.9. The van der Waals surface area contributed by atoms with Gasteiger partial charge in [-0.15, -0.1) is 0 Å². The number of carbonyl (C=O) groups is 5. The standard InChI is InChI=1S/C53H61N5O8S2/c1-8-26-53(27-9-2)37-30-33(49(65)66)18-21-39(37)56(28-24-46(60)61)44(53)17-13-16-42-52(6,7)36-20-19-34(31-40(36)57(42)29-25-47(62)63)54-45(59)32-58-48(64)41(68-50(58)67)22-23-43-51(4,5)35-14-11-12-15-38(35)55(43)10-3/h11-23,30-31,42H,8-10,24-29,32H2,1-7H3,(H,54,59)(H,60,61)(H,62,63)(H,65,66)/p+1/b16-13+,41-22+,43-23-,44-17+. The van der Waals surface area contributed by atoms with Crippen LogP contribution in [0.15, 0.2) is 107 Å². The van der Waals surface area contributed by atoms with E-state index in [1.54, 1.807) is 24.3 Å². The van der Waals surface area contributed by atoms with Crippen LogP contribution >= 0.6 is 24.0 Å². The van der Waals surface area contributed by atoms with Crippen LogP contribution in [0.2, 0.25) is 0 Å². The van der Waals surface area contributed by atoms with E-state index in [9.17, 15) is 39.3 Å². The van der Waals surface area contributed by atoms with Gasteiger partial charge in [0.2, 0.25) is 5.91 Å². The van der Waals surface area contributed by atoms with E-state index in [0.717, 1.165) is 76.7 Å². The maximum absolute atomic E-state index is 13.7. The number of likely N-dealkylation sites (N-methyl/N-ethyl adjacent to an activating group) is 1. The second-order valence-corrected chi connectivity index (χ2v) is 20.7. The Labute approximate surface area is 408 Å². The van der Waals surface area contributed by atoms with Gasteiger partial charge < -0.3 is 30.4 Å². The lowest BCUT2D eigenvalue weighted by molar-refractivity contribution is -0.849. The van der Waals surface area contributed by atoms with E-state index in [1.165, 1.54) is 22.2 Å². The molecule has 2 atom stereocenters. The van der Waals surface area contributed by atoms with Gasteiger partial charge in [0, 0.05) is 64.0 Å². The van der Waals surface area contributed by atoms with E-state index < -0.39 is 34.6 Å². The van der Waals surface area contributed by atoms with Crippen molar-refractivity contribution in [2.45, 2.75) is 109 Å². The van der Waals surface area contributed by atoms with Crippen LogP contribution in [-0.4, -0.2) is 86.5 Å². The average Bonchev–Trinajstić information content (AvgIpc) is 3.86. The predicted molar refractivity (Wildman–Crippen MR) is 272 cm³/mol. The van der Waals surface area contributed by atoms with E-state index in [1.807, 2.05) is 53.5 Å². The van der Waals surface area contributed by atoms with Gasteiger partial charge >= 0.3 is 17.9 Å². The molecule has 0 aliphatic carbocycles. The molecule has 4 heterocycles. The highest BCUT2D eigenvalue weighted by Crippen LogP contribution is 2.54. The van der Waals surface area contributed by atoms with Crippen LogP contribution < -0.4 is 20.0 Å². The van der Waals surface area contributed by atoms with E-state index in [4.69, 9.17) is 12.2 Å². The summed E-state index contributed by atoms with van der Waals surface area (Å²) < 4.78 is 0.291. The molecule has 7 rings (SSSR count). The van der Waals surface area contributed by atoms with Crippen LogP contribution in [0.25, 0.3) is 0 Å². The van der Waals surface area contributed by atoms with Gasteiger partial charge in [-0.3, -0.25) is 29.0 Å². The fourth-order valence-corrected chi connectivity index (χ4v) is 12.2. The number of fused-ring (bicyclic) bond motifs is 3. The quantitative estimate of drug-likeness (QED) is 0.0608. The van der Waals surface area contributed by atoms with Crippen molar-refractivity contribution >= 4 is 80.8 Å². The molecule has 15 heteroatoms. The molecule has 0 aromatic heterocycles. The zero-order valence-corrected chi connectivity index (χ0v) is 41.5. The minimum absolute atomic E-state index is 0.104. The smallest absolute Gasteiger partial charge is 0.335 e. The van der Waals surface area contributed by atoms with Crippen molar-refractivity contribution in [2.75, 3.05) is 41.3 Å². The summed E-state index contributed by atoms with van der Waals surface area (Å²) in [6.07, 6.45) is 12.7. The Morgan fingerprint density at radius 1 is 0.794 bits per heavy atom. The molecule has 3 aromatic carbocycles. The third-order valence-corrected chi connectivity index (χ3v) is 15.5. The van der Waals surface area contributed by atoms with Crippen LogP contribution in [0.1, 0.15) is 114 Å². The molecule has 0 saturated carbocycles. The second-order valence-electron chi connectivity index (χ2n) is 19.0. The van der Waals surface area contributed by atoms with E-state index in [2.05, 4.69) is 76.9 Å². The van der Waals surface area contributed by atoms with Gasteiger partial charge in [-0.25, -0.2) is 4.79 Å². The molecule has 13 nitrogen and oxygen atoms in total. The monoisotopic (exact) mass is 960 g/mol. The topological polar surface area (TPSA) is 172 Å². The van der Waals surface area contributed by atoms with Gasteiger partial charge in [0.1, 0.15) is 22.6 Å². The van der Waals surface area contributed by atoms with Crippen molar-refractivity contribution in [3.63, 3.8) is 0 Å². The Morgan fingerprint density at radius 3 is 2.15 bits per heavy atom. The number of nitrogens with zero attached hydrogens (tertiary/aromatic N) is 3. The summed E-state index contributed by atoms with van der Waals surface area (Å²) in [5.74, 6) is -3.67. The number of nitrogens with one attached hydrogen (secondary N) is 2. The van der Waals surface area contributed by atoms with Crippen LogP contribution in [0.3, 0.4) is 0 Å². The number of aromatic carboxylic acids is 1. The molecule has 358 valence electrons. The zero-order valence-electron chi connectivity index (χ0n) is 39.8. The number of thioether (sulfide) groups is 1. The minimum Gasteiger partial charge on any atom is -0.481 e. The number of anilines is 3. The van der Waals surface area contributed by atoms with Crippen molar-refractivity contribution in [1.82, 2.24) is 4.90 Å². The molecule has 2 unspecified atom stereocenters. The first-order valence-electron chi connectivity index (χ1n) is 23.4. The van der Waals surface area contributed by atoms with Crippen molar-refractivity contribution in [2.24, 2.45) is 0 Å². The number of thiocarbonyl (C=S) groups is 1. The Morgan fingerprint density at radius 2 is 1.49 bits per heavy atom. The van der Waals surface area contributed by atoms with Crippen molar-refractivity contribution in [1.29, 1.82) is 0 Å². The van der Waals surface area contributed by atoms with Gasteiger partial charge in [0.05, 0.1) is 35.3 Å². The second kappa shape index (κ2) is 19.9. The zero-order chi connectivity index (χ0) is 49.3. The molecule has 5 N–H and O–H groups in total. The molecule has 1 fully saturated rings. The van der Waals surface area contributed by atoms with Crippen molar-refractivity contribution in [3.8, 4) is 0 Å². The molecular formula is C53H62N5O8S2+. The molecule has 0 bridgehead atoms. The summed E-state index contributed by atoms with van der Waals surface area (Å²) in [6.45, 7) is 15.8.